The van der Waals surface area contributed by atoms with Gasteiger partial charge in [0.05, 0.1) is 5.56 Å². The van der Waals surface area contributed by atoms with Gasteiger partial charge in [-0.2, -0.15) is 13.2 Å². The summed E-state index contributed by atoms with van der Waals surface area (Å²) in [5, 5.41) is 6.27. The number of rotatable bonds is 5. The molecule has 0 aliphatic carbocycles. The Balaban J connectivity index is 1.72. The lowest BCUT2D eigenvalue weighted by atomic mass is 10.1. The number of aromatic nitrogens is 2. The molecule has 0 atom stereocenters. The molecule has 0 spiro atoms. The molecule has 0 radical (unpaired) electrons. The minimum atomic E-state index is -4.35. The third kappa shape index (κ3) is 4.97. The molecule has 0 saturated carbocycles. The van der Waals surface area contributed by atoms with Crippen molar-refractivity contribution >= 4 is 17.3 Å². The third-order valence-electron chi connectivity index (χ3n) is 4.04. The van der Waals surface area contributed by atoms with Crippen LogP contribution in [0.15, 0.2) is 54.6 Å². The van der Waals surface area contributed by atoms with Crippen molar-refractivity contribution in [1.29, 1.82) is 0 Å². The normalized spacial score (nSPS) is 11.3. The summed E-state index contributed by atoms with van der Waals surface area (Å²) in [5.41, 5.74) is 2.17. The van der Waals surface area contributed by atoms with Gasteiger partial charge >= 0.3 is 6.18 Å². The predicted octanol–water partition coefficient (Wildman–Crippen LogP) is 5.47. The highest BCUT2D eigenvalue weighted by atomic mass is 19.4. The zero-order chi connectivity index (χ0) is 19.4. The summed E-state index contributed by atoms with van der Waals surface area (Å²) in [6, 6.07) is 14.6. The second-order valence-corrected chi connectivity index (χ2v) is 6.17. The third-order valence-corrected chi connectivity index (χ3v) is 4.04. The Kier molecular flexibility index (Phi) is 5.30. The van der Waals surface area contributed by atoms with E-state index in [-0.39, 0.29) is 0 Å². The molecule has 2 N–H and O–H groups in total. The molecule has 0 saturated heterocycles. The average molecular weight is 372 g/mol. The van der Waals surface area contributed by atoms with E-state index in [1.165, 1.54) is 17.7 Å². The average Bonchev–Trinajstić information content (AvgIpc) is 2.60. The molecular formula is C20H19F3N4. The van der Waals surface area contributed by atoms with Crippen molar-refractivity contribution in [2.75, 3.05) is 10.6 Å². The highest BCUT2D eigenvalue weighted by molar-refractivity contribution is 5.59. The van der Waals surface area contributed by atoms with E-state index in [0.29, 0.717) is 29.7 Å². The van der Waals surface area contributed by atoms with Crippen molar-refractivity contribution < 1.29 is 13.2 Å². The fourth-order valence-electron chi connectivity index (χ4n) is 2.61. The lowest BCUT2D eigenvalue weighted by Crippen LogP contribution is -2.06. The van der Waals surface area contributed by atoms with Crippen LogP contribution in [0.5, 0.6) is 0 Å². The second-order valence-electron chi connectivity index (χ2n) is 6.17. The first-order valence-corrected chi connectivity index (χ1v) is 8.39. The summed E-state index contributed by atoms with van der Waals surface area (Å²) in [7, 11) is 0. The van der Waals surface area contributed by atoms with Gasteiger partial charge in [0.1, 0.15) is 17.5 Å². The van der Waals surface area contributed by atoms with Gasteiger partial charge in [0.15, 0.2) is 0 Å². The fraction of sp³-hybridized carbons (Fsp3) is 0.200. The molecular weight excluding hydrogens is 353 g/mol. The van der Waals surface area contributed by atoms with E-state index in [0.717, 1.165) is 17.7 Å². The highest BCUT2D eigenvalue weighted by Crippen LogP contribution is 2.30. The van der Waals surface area contributed by atoms with Crippen LogP contribution in [-0.4, -0.2) is 9.97 Å². The Morgan fingerprint density at radius 3 is 2.22 bits per heavy atom. The van der Waals surface area contributed by atoms with Crippen molar-refractivity contribution in [3.8, 4) is 0 Å². The van der Waals surface area contributed by atoms with E-state index in [4.69, 9.17) is 0 Å². The van der Waals surface area contributed by atoms with Crippen molar-refractivity contribution in [3.63, 3.8) is 0 Å². The van der Waals surface area contributed by atoms with Crippen LogP contribution in [0.3, 0.4) is 0 Å². The Morgan fingerprint density at radius 2 is 1.56 bits per heavy atom. The zero-order valence-corrected chi connectivity index (χ0v) is 14.9. The van der Waals surface area contributed by atoms with Gasteiger partial charge in [-0.3, -0.25) is 0 Å². The minimum Gasteiger partial charge on any atom is -0.366 e. The van der Waals surface area contributed by atoms with Crippen LogP contribution < -0.4 is 10.6 Å². The first-order valence-electron chi connectivity index (χ1n) is 8.39. The predicted molar refractivity (Wildman–Crippen MR) is 100 cm³/mol. The van der Waals surface area contributed by atoms with Gasteiger partial charge in [0, 0.05) is 18.3 Å². The molecule has 27 heavy (non-hydrogen) atoms. The van der Waals surface area contributed by atoms with Gasteiger partial charge in [-0.25, -0.2) is 9.97 Å². The van der Waals surface area contributed by atoms with Crippen molar-refractivity contribution in [2.24, 2.45) is 0 Å². The zero-order valence-electron chi connectivity index (χ0n) is 14.9. The standard InChI is InChI=1S/C20H19F3N4/c1-13-5-3-4-6-15(13)12-24-18-11-19(26-14(2)25-18)27-17-9-7-16(8-10-17)20(21,22)23/h3-11H,12H2,1-2H3,(H2,24,25,26,27). The largest absolute Gasteiger partial charge is 0.416 e. The number of aryl methyl sites for hydroxylation is 2. The summed E-state index contributed by atoms with van der Waals surface area (Å²) >= 11 is 0. The maximum absolute atomic E-state index is 12.7. The topological polar surface area (TPSA) is 49.8 Å². The molecule has 1 heterocycles. The number of nitrogens with zero attached hydrogens (tertiary/aromatic N) is 2. The number of hydrogen-bond acceptors (Lipinski definition) is 4. The molecule has 7 heteroatoms. The molecule has 0 aliphatic rings. The molecule has 0 unspecified atom stereocenters. The van der Waals surface area contributed by atoms with Gasteiger partial charge < -0.3 is 10.6 Å². The molecule has 0 amide bonds. The quantitative estimate of drug-likeness (QED) is 0.624. The summed E-state index contributed by atoms with van der Waals surface area (Å²) in [5.74, 6) is 1.70. The monoisotopic (exact) mass is 372 g/mol. The van der Waals surface area contributed by atoms with Gasteiger partial charge in [0.25, 0.3) is 0 Å². The van der Waals surface area contributed by atoms with Crippen LogP contribution in [0.25, 0.3) is 0 Å². The second kappa shape index (κ2) is 7.65. The van der Waals surface area contributed by atoms with E-state index in [1.807, 2.05) is 31.2 Å². The molecule has 140 valence electrons. The van der Waals surface area contributed by atoms with Crippen LogP contribution in [0, 0.1) is 13.8 Å². The number of hydrogen-bond donors (Lipinski definition) is 2. The number of nitrogens with one attached hydrogen (secondary N) is 2. The number of alkyl halides is 3. The smallest absolute Gasteiger partial charge is 0.366 e. The number of benzene rings is 2. The summed E-state index contributed by atoms with van der Waals surface area (Å²) in [6.45, 7) is 4.42. The molecule has 0 bridgehead atoms. The first kappa shape index (κ1) is 18.7. The first-order chi connectivity index (χ1) is 12.8. The van der Waals surface area contributed by atoms with Gasteiger partial charge in [-0.15, -0.1) is 0 Å². The maximum Gasteiger partial charge on any atom is 0.416 e. The molecule has 1 aromatic heterocycles. The van der Waals surface area contributed by atoms with Crippen molar-refractivity contribution in [2.45, 2.75) is 26.6 Å². The SMILES string of the molecule is Cc1nc(NCc2ccccc2C)cc(Nc2ccc(C(F)(F)F)cc2)n1. The molecule has 3 rings (SSSR count). The van der Waals surface area contributed by atoms with E-state index in [9.17, 15) is 13.2 Å². The van der Waals surface area contributed by atoms with E-state index < -0.39 is 11.7 Å². The van der Waals surface area contributed by atoms with Crippen LogP contribution in [0.4, 0.5) is 30.5 Å². The minimum absolute atomic E-state index is 0.509. The summed E-state index contributed by atoms with van der Waals surface area (Å²) in [6.07, 6.45) is -4.35. The number of anilines is 3. The highest BCUT2D eigenvalue weighted by Gasteiger charge is 2.29. The molecule has 0 fully saturated rings. The Bertz CT molecular complexity index is 921. The van der Waals surface area contributed by atoms with E-state index in [1.54, 1.807) is 13.0 Å². The van der Waals surface area contributed by atoms with Crippen LogP contribution in [0.1, 0.15) is 22.5 Å². The summed E-state index contributed by atoms with van der Waals surface area (Å²) in [4.78, 5) is 8.64. The maximum atomic E-state index is 12.7. The Labute approximate surface area is 155 Å². The Hall–Kier alpha value is -3.09. The molecule has 2 aromatic carbocycles. The lowest BCUT2D eigenvalue weighted by molar-refractivity contribution is -0.137. The lowest BCUT2D eigenvalue weighted by Gasteiger charge is -2.12. The van der Waals surface area contributed by atoms with Crippen LogP contribution in [-0.2, 0) is 12.7 Å². The fourth-order valence-corrected chi connectivity index (χ4v) is 2.61. The number of halogens is 3. The van der Waals surface area contributed by atoms with Crippen molar-refractivity contribution in [1.82, 2.24) is 9.97 Å². The molecule has 0 aliphatic heterocycles. The Morgan fingerprint density at radius 1 is 0.889 bits per heavy atom. The molecule has 3 aromatic rings. The van der Waals surface area contributed by atoms with E-state index in [2.05, 4.69) is 20.6 Å². The van der Waals surface area contributed by atoms with Crippen LogP contribution in [0.2, 0.25) is 0 Å². The van der Waals surface area contributed by atoms with Gasteiger partial charge in [-0.1, -0.05) is 24.3 Å². The van der Waals surface area contributed by atoms with Crippen molar-refractivity contribution in [3.05, 3.63) is 77.1 Å². The molecule has 4 nitrogen and oxygen atoms in total. The van der Waals surface area contributed by atoms with E-state index >= 15 is 0 Å². The summed E-state index contributed by atoms with van der Waals surface area (Å²) < 4.78 is 38.0. The van der Waals surface area contributed by atoms with Crippen LogP contribution >= 0.6 is 0 Å². The van der Waals surface area contributed by atoms with Gasteiger partial charge in [0.2, 0.25) is 0 Å². The van der Waals surface area contributed by atoms with Gasteiger partial charge in [-0.05, 0) is 49.2 Å².